The summed E-state index contributed by atoms with van der Waals surface area (Å²) in [5, 5.41) is 0.422. The fourth-order valence-electron chi connectivity index (χ4n) is 2.40. The molecular formula is C8H14ClN. The summed E-state index contributed by atoms with van der Waals surface area (Å²) in [5.74, 6) is 0. The van der Waals surface area contributed by atoms with Crippen molar-refractivity contribution in [2.75, 3.05) is 13.1 Å². The molecule has 2 rings (SSSR count). The first-order valence-electron chi connectivity index (χ1n) is 4.10. The number of fused-ring (bicyclic) bond motifs is 1. The van der Waals surface area contributed by atoms with Gasteiger partial charge in [0, 0.05) is 17.5 Å². The van der Waals surface area contributed by atoms with Crippen LogP contribution in [0.4, 0.5) is 0 Å². The third kappa shape index (κ3) is 0.876. The Labute approximate surface area is 67.3 Å². The zero-order chi connectivity index (χ0) is 7.19. The van der Waals surface area contributed by atoms with Gasteiger partial charge in [-0.25, -0.2) is 0 Å². The van der Waals surface area contributed by atoms with Crippen LogP contribution in [0.15, 0.2) is 0 Å². The van der Waals surface area contributed by atoms with Crippen molar-refractivity contribution in [3.8, 4) is 0 Å². The molecular weight excluding hydrogens is 146 g/mol. The van der Waals surface area contributed by atoms with Gasteiger partial charge in [0.1, 0.15) is 0 Å². The predicted octanol–water partition coefficient (Wildman–Crippen LogP) is 1.85. The van der Waals surface area contributed by atoms with Gasteiger partial charge in [-0.15, -0.1) is 11.6 Å². The minimum absolute atomic E-state index is 0.422. The second-order valence-corrected chi connectivity index (χ2v) is 4.47. The van der Waals surface area contributed by atoms with E-state index in [0.29, 0.717) is 10.9 Å². The van der Waals surface area contributed by atoms with Crippen molar-refractivity contribution in [3.63, 3.8) is 0 Å². The van der Waals surface area contributed by atoms with E-state index in [-0.39, 0.29) is 0 Å². The average Bonchev–Trinajstić information content (AvgIpc) is 2.20. The third-order valence-corrected chi connectivity index (χ3v) is 3.28. The Morgan fingerprint density at radius 1 is 1.60 bits per heavy atom. The van der Waals surface area contributed by atoms with E-state index in [1.54, 1.807) is 0 Å². The fraction of sp³-hybridized carbons (Fsp3) is 1.00. The Balaban J connectivity index is 2.15. The van der Waals surface area contributed by atoms with E-state index in [1.807, 2.05) is 0 Å². The van der Waals surface area contributed by atoms with Crippen LogP contribution in [0.2, 0.25) is 0 Å². The number of halogens is 1. The monoisotopic (exact) mass is 159 g/mol. The van der Waals surface area contributed by atoms with Crippen molar-refractivity contribution in [1.29, 1.82) is 0 Å². The molecule has 0 aromatic rings. The van der Waals surface area contributed by atoms with Gasteiger partial charge in [-0.3, -0.25) is 4.90 Å². The van der Waals surface area contributed by atoms with Gasteiger partial charge in [-0.1, -0.05) is 0 Å². The summed E-state index contributed by atoms with van der Waals surface area (Å²) in [6.07, 6.45) is 3.94. The molecule has 10 heavy (non-hydrogen) atoms. The highest BCUT2D eigenvalue weighted by Crippen LogP contribution is 2.39. The summed E-state index contributed by atoms with van der Waals surface area (Å²) >= 11 is 6.06. The van der Waals surface area contributed by atoms with Crippen molar-refractivity contribution < 1.29 is 0 Å². The maximum absolute atomic E-state index is 6.06. The summed E-state index contributed by atoms with van der Waals surface area (Å²) in [6.45, 7) is 4.75. The number of nitrogens with zero attached hydrogens (tertiary/aromatic N) is 1. The molecule has 0 aromatic carbocycles. The van der Waals surface area contributed by atoms with Gasteiger partial charge < -0.3 is 0 Å². The summed E-state index contributed by atoms with van der Waals surface area (Å²) in [5.41, 5.74) is 0.479. The molecule has 1 nitrogen and oxygen atoms in total. The van der Waals surface area contributed by atoms with Crippen LogP contribution in [0.25, 0.3) is 0 Å². The molecule has 2 saturated heterocycles. The molecule has 0 bridgehead atoms. The second kappa shape index (κ2) is 2.12. The Hall–Kier alpha value is 0.250. The lowest BCUT2D eigenvalue weighted by molar-refractivity contribution is 0.218. The molecule has 0 aromatic heterocycles. The van der Waals surface area contributed by atoms with Crippen LogP contribution < -0.4 is 0 Å². The van der Waals surface area contributed by atoms with Gasteiger partial charge in [-0.2, -0.15) is 0 Å². The van der Waals surface area contributed by atoms with Crippen LogP contribution in [0.1, 0.15) is 26.2 Å². The summed E-state index contributed by atoms with van der Waals surface area (Å²) in [6, 6.07) is 0. The van der Waals surface area contributed by atoms with Gasteiger partial charge >= 0.3 is 0 Å². The molecule has 2 heterocycles. The molecule has 2 aliphatic rings. The highest BCUT2D eigenvalue weighted by Gasteiger charge is 2.43. The minimum Gasteiger partial charge on any atom is -0.296 e. The predicted molar refractivity (Wildman–Crippen MR) is 43.5 cm³/mol. The highest BCUT2D eigenvalue weighted by atomic mass is 35.5. The van der Waals surface area contributed by atoms with Crippen LogP contribution in [-0.2, 0) is 0 Å². The van der Waals surface area contributed by atoms with E-state index in [1.165, 1.54) is 25.8 Å². The number of hydrogen-bond donors (Lipinski definition) is 0. The van der Waals surface area contributed by atoms with Gasteiger partial charge in [0.2, 0.25) is 0 Å². The highest BCUT2D eigenvalue weighted by molar-refractivity contribution is 6.21. The van der Waals surface area contributed by atoms with Crippen molar-refractivity contribution in [2.45, 2.75) is 37.1 Å². The Kier molecular flexibility index (Phi) is 1.47. The molecule has 2 heteroatoms. The fourth-order valence-corrected chi connectivity index (χ4v) is 2.90. The zero-order valence-corrected chi connectivity index (χ0v) is 7.19. The summed E-state index contributed by atoms with van der Waals surface area (Å²) in [4.78, 5) is 2.55. The topological polar surface area (TPSA) is 3.24 Å². The second-order valence-electron chi connectivity index (χ2n) is 3.85. The van der Waals surface area contributed by atoms with Crippen molar-refractivity contribution in [3.05, 3.63) is 0 Å². The maximum Gasteiger partial charge on any atom is 0.0480 e. The smallest absolute Gasteiger partial charge is 0.0480 e. The molecule has 2 fully saturated rings. The van der Waals surface area contributed by atoms with Crippen molar-refractivity contribution in [2.24, 2.45) is 0 Å². The normalized spacial score (nSPS) is 48.0. The Morgan fingerprint density at radius 3 is 3.10 bits per heavy atom. The SMILES string of the molecule is CC12CCCN1CC(Cl)C2. The van der Waals surface area contributed by atoms with Crippen LogP contribution in [-0.4, -0.2) is 28.9 Å². The van der Waals surface area contributed by atoms with Gasteiger partial charge in [-0.05, 0) is 32.7 Å². The van der Waals surface area contributed by atoms with E-state index in [2.05, 4.69) is 11.8 Å². The molecule has 0 saturated carbocycles. The van der Waals surface area contributed by atoms with Crippen LogP contribution >= 0.6 is 11.6 Å². The van der Waals surface area contributed by atoms with Gasteiger partial charge in [0.05, 0.1) is 0 Å². The molecule has 2 aliphatic heterocycles. The Bertz CT molecular complexity index is 148. The van der Waals surface area contributed by atoms with Gasteiger partial charge in [0.25, 0.3) is 0 Å². The van der Waals surface area contributed by atoms with Crippen LogP contribution in [0.3, 0.4) is 0 Å². The summed E-state index contributed by atoms with van der Waals surface area (Å²) in [7, 11) is 0. The first kappa shape index (κ1) is 6.93. The van der Waals surface area contributed by atoms with Crippen LogP contribution in [0, 0.1) is 0 Å². The molecule has 2 unspecified atom stereocenters. The lowest BCUT2D eigenvalue weighted by Gasteiger charge is -2.26. The number of hydrogen-bond acceptors (Lipinski definition) is 1. The lowest BCUT2D eigenvalue weighted by Crippen LogP contribution is -2.34. The van der Waals surface area contributed by atoms with Crippen molar-refractivity contribution >= 4 is 11.6 Å². The Morgan fingerprint density at radius 2 is 2.40 bits per heavy atom. The van der Waals surface area contributed by atoms with E-state index in [0.717, 1.165) is 6.54 Å². The average molecular weight is 160 g/mol. The molecule has 0 aliphatic carbocycles. The molecule has 2 atom stereocenters. The first-order valence-corrected chi connectivity index (χ1v) is 4.53. The largest absolute Gasteiger partial charge is 0.296 e. The van der Waals surface area contributed by atoms with Gasteiger partial charge in [0.15, 0.2) is 0 Å². The third-order valence-electron chi connectivity index (χ3n) is 2.99. The maximum atomic E-state index is 6.06. The molecule has 58 valence electrons. The summed E-state index contributed by atoms with van der Waals surface area (Å²) < 4.78 is 0. The van der Waals surface area contributed by atoms with E-state index >= 15 is 0 Å². The molecule has 0 N–H and O–H groups in total. The van der Waals surface area contributed by atoms with E-state index in [4.69, 9.17) is 11.6 Å². The van der Waals surface area contributed by atoms with Crippen molar-refractivity contribution in [1.82, 2.24) is 4.90 Å². The molecule has 0 amide bonds. The first-order chi connectivity index (χ1) is 4.71. The molecule has 0 radical (unpaired) electrons. The van der Waals surface area contributed by atoms with Crippen LogP contribution in [0.5, 0.6) is 0 Å². The number of alkyl halides is 1. The standard InChI is InChI=1S/C8H14ClN/c1-8-3-2-4-10(8)6-7(9)5-8/h7H,2-6H2,1H3. The van der Waals surface area contributed by atoms with E-state index in [9.17, 15) is 0 Å². The number of rotatable bonds is 0. The molecule has 0 spiro atoms. The minimum atomic E-state index is 0.422. The zero-order valence-electron chi connectivity index (χ0n) is 6.44. The quantitative estimate of drug-likeness (QED) is 0.488. The van der Waals surface area contributed by atoms with E-state index < -0.39 is 0 Å². The lowest BCUT2D eigenvalue weighted by atomic mass is 9.97.